The maximum Gasteiger partial charge on any atom is 0.305 e. The first kappa shape index (κ1) is 31.8. The van der Waals surface area contributed by atoms with Gasteiger partial charge in [0.2, 0.25) is 5.91 Å². The van der Waals surface area contributed by atoms with E-state index in [0.29, 0.717) is 27.7 Å². The van der Waals surface area contributed by atoms with Crippen molar-refractivity contribution in [1.29, 1.82) is 0 Å². The molecule has 8 heteroatoms. The number of carbonyl (C=O) groups is 3. The van der Waals surface area contributed by atoms with E-state index in [1.807, 2.05) is 54.6 Å². The number of hydrogen-bond acceptors (Lipinski definition) is 3. The van der Waals surface area contributed by atoms with E-state index in [-0.39, 0.29) is 30.2 Å². The number of nitrogens with one attached hydrogen (secondary N) is 2. The van der Waals surface area contributed by atoms with Gasteiger partial charge in [0, 0.05) is 33.4 Å². The summed E-state index contributed by atoms with van der Waals surface area (Å²) in [5.74, 6) is -1.97. The lowest BCUT2D eigenvalue weighted by atomic mass is 9.84. The SMILES string of the molecule is CC(C)(C)c1ccc(C(Cc2ccc(C(=O)NCCC(=O)O)cc2)C(=O)Nc2ccc(-c3ccc(Cl)cc3Cl)cc2)cc1. The maximum atomic E-state index is 13.7. The number of rotatable bonds is 10. The van der Waals surface area contributed by atoms with Crippen LogP contribution >= 0.6 is 23.2 Å². The van der Waals surface area contributed by atoms with E-state index in [9.17, 15) is 14.4 Å². The maximum absolute atomic E-state index is 13.7. The molecule has 1 unspecified atom stereocenters. The first-order valence-corrected chi connectivity index (χ1v) is 14.7. The van der Waals surface area contributed by atoms with Crippen molar-refractivity contribution in [3.63, 3.8) is 0 Å². The molecule has 222 valence electrons. The van der Waals surface area contributed by atoms with Crippen molar-refractivity contribution in [3.05, 3.63) is 123 Å². The first-order valence-electron chi connectivity index (χ1n) is 14.0. The molecule has 4 aromatic carbocycles. The van der Waals surface area contributed by atoms with E-state index in [1.54, 1.807) is 24.3 Å². The molecule has 0 aliphatic rings. The molecule has 2 amide bonds. The highest BCUT2D eigenvalue weighted by atomic mass is 35.5. The lowest BCUT2D eigenvalue weighted by Crippen LogP contribution is -2.26. The Kier molecular flexibility index (Phi) is 10.3. The van der Waals surface area contributed by atoms with Gasteiger partial charge in [-0.25, -0.2) is 0 Å². The zero-order valence-corrected chi connectivity index (χ0v) is 25.8. The van der Waals surface area contributed by atoms with Crippen LogP contribution in [-0.2, 0) is 21.4 Å². The standard InChI is InChI=1S/C35H34Cl2N2O4/c1-35(2,3)26-12-8-24(9-13-26)30(20-22-4-6-25(7-5-22)33(42)38-19-18-32(40)41)34(43)39-28-15-10-23(11-16-28)29-17-14-27(36)21-31(29)37/h4-17,21,30H,18-20H2,1-3H3,(H,38,42)(H,39,43)(H,40,41). The van der Waals surface area contributed by atoms with Crippen LogP contribution < -0.4 is 10.6 Å². The fourth-order valence-corrected chi connectivity index (χ4v) is 5.19. The second-order valence-electron chi connectivity index (χ2n) is 11.4. The molecule has 4 aromatic rings. The van der Waals surface area contributed by atoms with Gasteiger partial charge in [-0.3, -0.25) is 14.4 Å². The summed E-state index contributed by atoms with van der Waals surface area (Å²) in [6.45, 7) is 6.49. The van der Waals surface area contributed by atoms with Gasteiger partial charge < -0.3 is 15.7 Å². The number of carboxylic acid groups (broad SMARTS) is 1. The molecule has 43 heavy (non-hydrogen) atoms. The van der Waals surface area contributed by atoms with Gasteiger partial charge in [0.25, 0.3) is 5.91 Å². The minimum Gasteiger partial charge on any atom is -0.481 e. The average molecular weight is 618 g/mol. The predicted molar refractivity (Wildman–Crippen MR) is 173 cm³/mol. The van der Waals surface area contributed by atoms with Crippen LogP contribution in [-0.4, -0.2) is 29.4 Å². The van der Waals surface area contributed by atoms with Gasteiger partial charge in [-0.15, -0.1) is 0 Å². The normalized spacial score (nSPS) is 11.9. The monoisotopic (exact) mass is 616 g/mol. The first-order chi connectivity index (χ1) is 20.4. The highest BCUT2D eigenvalue weighted by Crippen LogP contribution is 2.32. The number of benzene rings is 4. The molecular formula is C35H34Cl2N2O4. The molecule has 0 aliphatic heterocycles. The van der Waals surface area contributed by atoms with Gasteiger partial charge >= 0.3 is 5.97 Å². The summed E-state index contributed by atoms with van der Waals surface area (Å²) in [7, 11) is 0. The minimum atomic E-state index is -0.975. The molecule has 1 atom stereocenters. The largest absolute Gasteiger partial charge is 0.481 e. The number of carbonyl (C=O) groups excluding carboxylic acids is 2. The van der Waals surface area contributed by atoms with Crippen LogP contribution in [0.1, 0.15) is 60.2 Å². The van der Waals surface area contributed by atoms with Crippen LogP contribution in [0.4, 0.5) is 5.69 Å². The molecule has 6 nitrogen and oxygen atoms in total. The average Bonchev–Trinajstić information content (AvgIpc) is 2.96. The van der Waals surface area contributed by atoms with Crippen molar-refractivity contribution in [2.75, 3.05) is 11.9 Å². The molecule has 0 heterocycles. The molecule has 4 rings (SSSR count). The van der Waals surface area contributed by atoms with Gasteiger partial charge in [0.15, 0.2) is 0 Å². The summed E-state index contributed by atoms with van der Waals surface area (Å²) in [5.41, 5.74) is 5.74. The second-order valence-corrected chi connectivity index (χ2v) is 12.3. The fraction of sp³-hybridized carbons (Fsp3) is 0.229. The molecule has 0 spiro atoms. The molecular weight excluding hydrogens is 583 g/mol. The van der Waals surface area contributed by atoms with Gasteiger partial charge in [-0.2, -0.15) is 0 Å². The number of halogens is 2. The second kappa shape index (κ2) is 13.9. The van der Waals surface area contributed by atoms with E-state index in [1.165, 1.54) is 5.56 Å². The summed E-state index contributed by atoms with van der Waals surface area (Å²) < 4.78 is 0. The number of amides is 2. The van der Waals surface area contributed by atoms with Crippen LogP contribution in [0.5, 0.6) is 0 Å². The van der Waals surface area contributed by atoms with E-state index in [2.05, 4.69) is 43.5 Å². The Bertz CT molecular complexity index is 1590. The smallest absolute Gasteiger partial charge is 0.305 e. The summed E-state index contributed by atoms with van der Waals surface area (Å²) >= 11 is 12.4. The quantitative estimate of drug-likeness (QED) is 0.168. The molecule has 0 saturated carbocycles. The van der Waals surface area contributed by atoms with Crippen LogP contribution in [0.3, 0.4) is 0 Å². The predicted octanol–water partition coefficient (Wildman–Crippen LogP) is 8.13. The minimum absolute atomic E-state index is 0.0219. The van der Waals surface area contributed by atoms with Crippen LogP contribution in [0.25, 0.3) is 11.1 Å². The van der Waals surface area contributed by atoms with Crippen molar-refractivity contribution in [3.8, 4) is 11.1 Å². The Morgan fingerprint density at radius 1 is 0.837 bits per heavy atom. The Hall–Kier alpha value is -4.13. The molecule has 0 saturated heterocycles. The molecule has 3 N–H and O–H groups in total. The zero-order chi connectivity index (χ0) is 31.1. The third kappa shape index (κ3) is 8.69. The van der Waals surface area contributed by atoms with Crippen molar-refractivity contribution >= 4 is 46.7 Å². The Morgan fingerprint density at radius 2 is 1.49 bits per heavy atom. The van der Waals surface area contributed by atoms with E-state index in [4.69, 9.17) is 28.3 Å². The summed E-state index contributed by atoms with van der Waals surface area (Å²) in [6.07, 6.45) is 0.270. The van der Waals surface area contributed by atoms with E-state index >= 15 is 0 Å². The van der Waals surface area contributed by atoms with Gasteiger partial charge in [-0.05, 0) is 70.5 Å². The highest BCUT2D eigenvalue weighted by molar-refractivity contribution is 6.36. The third-order valence-corrected chi connectivity index (χ3v) is 7.72. The third-order valence-electron chi connectivity index (χ3n) is 7.17. The van der Waals surface area contributed by atoms with E-state index in [0.717, 1.165) is 22.3 Å². The van der Waals surface area contributed by atoms with E-state index < -0.39 is 11.9 Å². The van der Waals surface area contributed by atoms with Gasteiger partial charge in [0.1, 0.15) is 0 Å². The Labute approximate surface area is 262 Å². The summed E-state index contributed by atoms with van der Waals surface area (Å²) in [4.78, 5) is 36.8. The number of hydrogen-bond donors (Lipinski definition) is 3. The Morgan fingerprint density at radius 3 is 2.07 bits per heavy atom. The Balaban J connectivity index is 1.54. The fourth-order valence-electron chi connectivity index (χ4n) is 4.68. The molecule has 0 radical (unpaired) electrons. The number of carboxylic acids is 1. The number of aliphatic carboxylic acids is 1. The van der Waals surface area contributed by atoms with Crippen LogP contribution in [0.15, 0.2) is 91.0 Å². The van der Waals surface area contributed by atoms with Crippen LogP contribution in [0, 0.1) is 0 Å². The number of anilines is 1. The zero-order valence-electron chi connectivity index (χ0n) is 24.3. The van der Waals surface area contributed by atoms with Crippen molar-refractivity contribution < 1.29 is 19.5 Å². The molecule has 0 fully saturated rings. The molecule has 0 aliphatic carbocycles. The summed E-state index contributed by atoms with van der Waals surface area (Å²) in [6, 6.07) is 28.0. The van der Waals surface area contributed by atoms with Crippen molar-refractivity contribution in [2.24, 2.45) is 0 Å². The molecule has 0 aromatic heterocycles. The molecule has 0 bridgehead atoms. The van der Waals surface area contributed by atoms with Crippen LogP contribution in [0.2, 0.25) is 10.0 Å². The van der Waals surface area contributed by atoms with Gasteiger partial charge in [-0.1, -0.05) is 98.6 Å². The highest BCUT2D eigenvalue weighted by Gasteiger charge is 2.23. The van der Waals surface area contributed by atoms with Crippen molar-refractivity contribution in [2.45, 2.75) is 44.9 Å². The van der Waals surface area contributed by atoms with Crippen molar-refractivity contribution in [1.82, 2.24) is 5.32 Å². The lowest BCUT2D eigenvalue weighted by Gasteiger charge is -2.22. The van der Waals surface area contributed by atoms with Gasteiger partial charge in [0.05, 0.1) is 12.3 Å². The summed E-state index contributed by atoms with van der Waals surface area (Å²) in [5, 5.41) is 15.6. The topological polar surface area (TPSA) is 95.5 Å². The lowest BCUT2D eigenvalue weighted by molar-refractivity contribution is -0.136.